The first-order valence-corrected chi connectivity index (χ1v) is 5.63. The summed E-state index contributed by atoms with van der Waals surface area (Å²) in [6, 6.07) is 3.96. The van der Waals surface area contributed by atoms with E-state index in [0.29, 0.717) is 13.0 Å². The van der Waals surface area contributed by atoms with E-state index >= 15 is 0 Å². The summed E-state index contributed by atoms with van der Waals surface area (Å²) in [6.45, 7) is 4.67. The second kappa shape index (κ2) is 5.87. The van der Waals surface area contributed by atoms with Crippen LogP contribution in [0.2, 0.25) is 0 Å². The normalized spacial score (nSPS) is 12.6. The first-order valence-electron chi connectivity index (χ1n) is 5.63. The maximum Gasteiger partial charge on any atom is 0.124 e. The summed E-state index contributed by atoms with van der Waals surface area (Å²) in [4.78, 5) is 0. The van der Waals surface area contributed by atoms with Gasteiger partial charge in [0.25, 0.3) is 0 Å². The fraction of sp³-hybridized carbons (Fsp3) is 0.538. The molecular weight excluding hydrogens is 202 g/mol. The van der Waals surface area contributed by atoms with Crippen LogP contribution in [0.3, 0.4) is 0 Å². The van der Waals surface area contributed by atoms with Crippen LogP contribution >= 0.6 is 0 Å². The van der Waals surface area contributed by atoms with Gasteiger partial charge in [-0.1, -0.05) is 0 Å². The second-order valence-corrected chi connectivity index (χ2v) is 4.13. The van der Waals surface area contributed by atoms with Gasteiger partial charge in [-0.25, -0.2) is 0 Å². The van der Waals surface area contributed by atoms with Gasteiger partial charge in [-0.2, -0.15) is 0 Å². The molecule has 0 aliphatic rings. The van der Waals surface area contributed by atoms with Crippen molar-refractivity contribution in [1.29, 1.82) is 0 Å². The van der Waals surface area contributed by atoms with Gasteiger partial charge in [0.2, 0.25) is 0 Å². The van der Waals surface area contributed by atoms with Crippen molar-refractivity contribution in [2.45, 2.75) is 32.8 Å². The predicted molar refractivity (Wildman–Crippen MR) is 65.7 cm³/mol. The smallest absolute Gasteiger partial charge is 0.124 e. The predicted octanol–water partition coefficient (Wildman–Crippen LogP) is 2.08. The lowest BCUT2D eigenvalue weighted by molar-refractivity contribution is 0.161. The Morgan fingerprint density at radius 2 is 1.94 bits per heavy atom. The number of hydrogen-bond acceptors (Lipinski definition) is 3. The number of hydrogen-bond donors (Lipinski definition) is 2. The summed E-state index contributed by atoms with van der Waals surface area (Å²) in [5.41, 5.74) is 8.64. The molecule has 0 spiro atoms. The summed E-state index contributed by atoms with van der Waals surface area (Å²) >= 11 is 0. The number of aryl methyl sites for hydroxylation is 2. The lowest BCUT2D eigenvalue weighted by Gasteiger charge is -2.16. The number of nitrogens with two attached hydrogens (primary N) is 1. The van der Waals surface area contributed by atoms with Crippen molar-refractivity contribution in [1.82, 2.24) is 0 Å². The van der Waals surface area contributed by atoms with E-state index < -0.39 is 6.10 Å². The minimum absolute atomic E-state index is 0.488. The van der Waals surface area contributed by atoms with Gasteiger partial charge in [0, 0.05) is 5.56 Å². The lowest BCUT2D eigenvalue weighted by atomic mass is 9.98. The maximum atomic E-state index is 10.0. The van der Waals surface area contributed by atoms with Crippen molar-refractivity contribution >= 4 is 0 Å². The van der Waals surface area contributed by atoms with Crippen molar-refractivity contribution in [2.24, 2.45) is 5.73 Å². The van der Waals surface area contributed by atoms with Crippen molar-refractivity contribution < 1.29 is 9.84 Å². The number of aliphatic hydroxyl groups is 1. The van der Waals surface area contributed by atoms with Crippen LogP contribution in [0, 0.1) is 13.8 Å². The first kappa shape index (κ1) is 13.0. The second-order valence-electron chi connectivity index (χ2n) is 4.13. The highest BCUT2D eigenvalue weighted by Crippen LogP contribution is 2.30. The minimum atomic E-state index is -0.488. The summed E-state index contributed by atoms with van der Waals surface area (Å²) < 4.78 is 5.29. The molecule has 3 heteroatoms. The number of rotatable bonds is 5. The van der Waals surface area contributed by atoms with E-state index in [4.69, 9.17) is 10.5 Å². The molecule has 0 amide bonds. The topological polar surface area (TPSA) is 55.5 Å². The highest BCUT2D eigenvalue weighted by Gasteiger charge is 2.14. The molecule has 16 heavy (non-hydrogen) atoms. The third-order valence-corrected chi connectivity index (χ3v) is 2.89. The van der Waals surface area contributed by atoms with E-state index in [-0.39, 0.29) is 0 Å². The van der Waals surface area contributed by atoms with Crippen molar-refractivity contribution in [3.05, 3.63) is 28.8 Å². The molecule has 1 unspecified atom stereocenters. The molecule has 1 aromatic carbocycles. The molecule has 0 bridgehead atoms. The van der Waals surface area contributed by atoms with Gasteiger partial charge in [-0.3, -0.25) is 0 Å². The Balaban J connectivity index is 2.96. The molecule has 0 radical (unpaired) electrons. The fourth-order valence-corrected chi connectivity index (χ4v) is 1.72. The average molecular weight is 223 g/mol. The zero-order valence-corrected chi connectivity index (χ0v) is 10.3. The Kier molecular flexibility index (Phi) is 4.77. The Bertz CT molecular complexity index is 350. The first-order chi connectivity index (χ1) is 7.60. The van der Waals surface area contributed by atoms with Crippen LogP contribution < -0.4 is 10.5 Å². The minimum Gasteiger partial charge on any atom is -0.496 e. The van der Waals surface area contributed by atoms with Crippen molar-refractivity contribution in [2.75, 3.05) is 13.7 Å². The largest absolute Gasteiger partial charge is 0.496 e. The molecule has 0 saturated heterocycles. The molecule has 1 rings (SSSR count). The van der Waals surface area contributed by atoms with Gasteiger partial charge in [-0.15, -0.1) is 0 Å². The number of benzene rings is 1. The Morgan fingerprint density at radius 3 is 2.50 bits per heavy atom. The van der Waals surface area contributed by atoms with E-state index in [2.05, 4.69) is 0 Å². The SMILES string of the molecule is COc1cc(C)c(C)cc1C(O)CCCN. The molecule has 0 aromatic heterocycles. The molecule has 3 N–H and O–H groups in total. The van der Waals surface area contributed by atoms with Crippen LogP contribution in [0.4, 0.5) is 0 Å². The number of ether oxygens (including phenoxy) is 1. The van der Waals surface area contributed by atoms with Crippen LogP contribution in [0.1, 0.15) is 35.6 Å². The van der Waals surface area contributed by atoms with Crippen LogP contribution in [0.15, 0.2) is 12.1 Å². The zero-order valence-electron chi connectivity index (χ0n) is 10.3. The molecule has 1 atom stereocenters. The number of methoxy groups -OCH3 is 1. The molecule has 0 aliphatic carbocycles. The third kappa shape index (κ3) is 2.97. The molecule has 0 aliphatic heterocycles. The Morgan fingerprint density at radius 1 is 1.31 bits per heavy atom. The summed E-state index contributed by atoms with van der Waals surface area (Å²) in [5.74, 6) is 0.757. The standard InChI is InChI=1S/C13H21NO2/c1-9-7-11(12(15)5-4-6-14)13(16-3)8-10(9)2/h7-8,12,15H,4-6,14H2,1-3H3. The van der Waals surface area contributed by atoms with Gasteiger partial charge >= 0.3 is 0 Å². The quantitative estimate of drug-likeness (QED) is 0.803. The van der Waals surface area contributed by atoms with Crippen molar-refractivity contribution in [3.63, 3.8) is 0 Å². The summed E-state index contributed by atoms with van der Waals surface area (Å²) in [7, 11) is 1.63. The lowest BCUT2D eigenvalue weighted by Crippen LogP contribution is -2.06. The molecular formula is C13H21NO2. The Hall–Kier alpha value is -1.06. The molecule has 3 nitrogen and oxygen atoms in total. The molecule has 1 aromatic rings. The molecule has 90 valence electrons. The monoisotopic (exact) mass is 223 g/mol. The fourth-order valence-electron chi connectivity index (χ4n) is 1.72. The van der Waals surface area contributed by atoms with E-state index in [1.165, 1.54) is 11.1 Å². The van der Waals surface area contributed by atoms with E-state index in [1.807, 2.05) is 26.0 Å². The summed E-state index contributed by atoms with van der Waals surface area (Å²) in [5, 5.41) is 10.0. The average Bonchev–Trinajstić information content (AvgIpc) is 2.28. The van der Waals surface area contributed by atoms with Crippen molar-refractivity contribution in [3.8, 4) is 5.75 Å². The van der Waals surface area contributed by atoms with Gasteiger partial charge in [0.1, 0.15) is 5.75 Å². The van der Waals surface area contributed by atoms with E-state index in [9.17, 15) is 5.11 Å². The highest BCUT2D eigenvalue weighted by atomic mass is 16.5. The summed E-state index contributed by atoms with van der Waals surface area (Å²) in [6.07, 6.45) is 1.00. The maximum absolute atomic E-state index is 10.0. The third-order valence-electron chi connectivity index (χ3n) is 2.89. The highest BCUT2D eigenvalue weighted by molar-refractivity contribution is 5.42. The molecule has 0 heterocycles. The van der Waals surface area contributed by atoms with Gasteiger partial charge in [-0.05, 0) is 56.5 Å². The van der Waals surface area contributed by atoms with Gasteiger partial charge in [0.05, 0.1) is 13.2 Å². The van der Waals surface area contributed by atoms with Crippen LogP contribution in [0.5, 0.6) is 5.75 Å². The van der Waals surface area contributed by atoms with Gasteiger partial charge in [0.15, 0.2) is 0 Å². The van der Waals surface area contributed by atoms with Crippen LogP contribution in [-0.4, -0.2) is 18.8 Å². The number of aliphatic hydroxyl groups excluding tert-OH is 1. The molecule has 0 fully saturated rings. The zero-order chi connectivity index (χ0) is 12.1. The molecule has 0 saturated carbocycles. The van der Waals surface area contributed by atoms with Crippen LogP contribution in [-0.2, 0) is 0 Å². The van der Waals surface area contributed by atoms with E-state index in [1.54, 1.807) is 7.11 Å². The van der Waals surface area contributed by atoms with Crippen LogP contribution in [0.25, 0.3) is 0 Å². The van der Waals surface area contributed by atoms with E-state index in [0.717, 1.165) is 17.7 Å². The van der Waals surface area contributed by atoms with Gasteiger partial charge < -0.3 is 15.6 Å². The Labute approximate surface area is 97.2 Å².